The van der Waals surface area contributed by atoms with Gasteiger partial charge < -0.3 is 30.7 Å². The summed E-state index contributed by atoms with van der Waals surface area (Å²) in [6.07, 6.45) is -4.32. The van der Waals surface area contributed by atoms with E-state index in [1.165, 1.54) is 11.8 Å². The average Bonchev–Trinajstić information content (AvgIpc) is 3.04. The molecule has 1 aliphatic heterocycles. The molecule has 0 aromatic rings. The molecule has 1 amide bonds. The topological polar surface area (TPSA) is 182 Å². The van der Waals surface area contributed by atoms with Crippen LogP contribution in [-0.2, 0) is 24.1 Å². The van der Waals surface area contributed by atoms with E-state index in [2.05, 4.69) is 14.8 Å². The number of carboxylic acid groups (broad SMARTS) is 2. The van der Waals surface area contributed by atoms with Crippen LogP contribution >= 0.6 is 11.8 Å². The standard InChI is InChI=1S/C12H18N2O9S2/c1-24-3-2-5(13)9(15)14-12-6(22-10(16)17)4-25(20,21)8(12)7(12)23-11(18)19/h5-8H,2-4,13H2,1H3,(H,14,15)(H,16,17)(H,18,19)/t5-,6+,7+,8-,12-/m0/s1. The van der Waals surface area contributed by atoms with Gasteiger partial charge in [-0.1, -0.05) is 0 Å². The fourth-order valence-electron chi connectivity index (χ4n) is 3.07. The minimum atomic E-state index is -3.92. The van der Waals surface area contributed by atoms with E-state index in [1.54, 1.807) is 0 Å². The van der Waals surface area contributed by atoms with E-state index >= 15 is 0 Å². The van der Waals surface area contributed by atoms with E-state index in [0.717, 1.165) is 0 Å². The Morgan fingerprint density at radius 3 is 2.44 bits per heavy atom. The number of hydrogen-bond donors (Lipinski definition) is 4. The molecule has 0 aromatic carbocycles. The molecular weight excluding hydrogens is 380 g/mol. The third-order valence-electron chi connectivity index (χ3n) is 4.19. The SMILES string of the molecule is CSCC[C@H](N)C(=O)N[C@@]12[C@H](OC(=O)O)[C@@H]1S(=O)(=O)C[C@H]2OC(=O)O. The molecule has 2 aliphatic rings. The zero-order valence-electron chi connectivity index (χ0n) is 13.1. The second-order valence-corrected chi connectivity index (χ2v) is 8.89. The summed E-state index contributed by atoms with van der Waals surface area (Å²) in [5.74, 6) is -0.830. The summed E-state index contributed by atoms with van der Waals surface area (Å²) in [5.41, 5.74) is 3.94. The second kappa shape index (κ2) is 6.88. The summed E-state index contributed by atoms with van der Waals surface area (Å²) in [7, 11) is -3.92. The van der Waals surface area contributed by atoms with Crippen molar-refractivity contribution >= 4 is 39.8 Å². The van der Waals surface area contributed by atoms with Crippen LogP contribution < -0.4 is 11.1 Å². The Morgan fingerprint density at radius 2 is 1.92 bits per heavy atom. The van der Waals surface area contributed by atoms with Gasteiger partial charge in [0.2, 0.25) is 5.91 Å². The number of thioether (sulfide) groups is 1. The Hall–Kier alpha value is -1.73. The summed E-state index contributed by atoms with van der Waals surface area (Å²) in [4.78, 5) is 33.9. The first-order chi connectivity index (χ1) is 11.6. The van der Waals surface area contributed by atoms with Gasteiger partial charge in [-0.15, -0.1) is 0 Å². The van der Waals surface area contributed by atoms with E-state index < -0.39 is 62.8 Å². The molecule has 2 rings (SSSR count). The van der Waals surface area contributed by atoms with Gasteiger partial charge >= 0.3 is 12.3 Å². The predicted octanol–water partition coefficient (Wildman–Crippen LogP) is -1.14. The van der Waals surface area contributed by atoms with Crippen molar-refractivity contribution in [3.05, 3.63) is 0 Å². The monoisotopic (exact) mass is 398 g/mol. The smallest absolute Gasteiger partial charge is 0.450 e. The van der Waals surface area contributed by atoms with Gasteiger partial charge in [0.1, 0.15) is 16.9 Å². The number of carbonyl (C=O) groups excluding carboxylic acids is 1. The average molecular weight is 398 g/mol. The van der Waals surface area contributed by atoms with Crippen molar-refractivity contribution in [2.24, 2.45) is 5.73 Å². The van der Waals surface area contributed by atoms with Gasteiger partial charge in [0.25, 0.3) is 0 Å². The van der Waals surface area contributed by atoms with Crippen LogP contribution in [0.1, 0.15) is 6.42 Å². The molecule has 5 N–H and O–H groups in total. The third-order valence-corrected chi connectivity index (χ3v) is 7.01. The molecule has 0 unspecified atom stereocenters. The lowest BCUT2D eigenvalue weighted by molar-refractivity contribution is -0.125. The Kier molecular flexibility index (Phi) is 5.39. The molecule has 0 radical (unpaired) electrons. The van der Waals surface area contributed by atoms with Gasteiger partial charge in [0.15, 0.2) is 15.9 Å². The van der Waals surface area contributed by atoms with E-state index in [9.17, 15) is 22.8 Å². The quantitative estimate of drug-likeness (QED) is 0.380. The number of fused-ring (bicyclic) bond motifs is 1. The number of hydrogen-bond acceptors (Lipinski definition) is 9. The Bertz CT molecular complexity index is 682. The molecule has 0 spiro atoms. The predicted molar refractivity (Wildman–Crippen MR) is 85.2 cm³/mol. The van der Waals surface area contributed by atoms with Crippen molar-refractivity contribution in [3.8, 4) is 0 Å². The minimum absolute atomic E-state index is 0.301. The van der Waals surface area contributed by atoms with E-state index in [0.29, 0.717) is 12.2 Å². The molecule has 1 aliphatic carbocycles. The van der Waals surface area contributed by atoms with Gasteiger partial charge in [-0.05, 0) is 18.4 Å². The van der Waals surface area contributed by atoms with Crippen LogP contribution in [0.2, 0.25) is 0 Å². The summed E-state index contributed by atoms with van der Waals surface area (Å²) in [6.45, 7) is 0. The molecule has 142 valence electrons. The van der Waals surface area contributed by atoms with Crippen LogP contribution in [0.25, 0.3) is 0 Å². The molecule has 1 heterocycles. The van der Waals surface area contributed by atoms with E-state index in [1.807, 2.05) is 6.26 Å². The molecule has 0 aromatic heterocycles. The van der Waals surface area contributed by atoms with Gasteiger partial charge in [-0.2, -0.15) is 11.8 Å². The van der Waals surface area contributed by atoms with Gasteiger partial charge in [-0.25, -0.2) is 18.0 Å². The van der Waals surface area contributed by atoms with Crippen molar-refractivity contribution in [1.29, 1.82) is 0 Å². The fourth-order valence-corrected chi connectivity index (χ4v) is 6.05. The molecule has 11 nitrogen and oxygen atoms in total. The number of rotatable bonds is 7. The van der Waals surface area contributed by atoms with Crippen LogP contribution in [0.4, 0.5) is 9.59 Å². The third kappa shape index (κ3) is 3.62. The highest BCUT2D eigenvalue weighted by molar-refractivity contribution is 7.98. The highest BCUT2D eigenvalue weighted by Crippen LogP contribution is 2.54. The first kappa shape index (κ1) is 19.6. The number of nitrogens with one attached hydrogen (secondary N) is 1. The normalized spacial score (nSPS) is 33.0. The van der Waals surface area contributed by atoms with Crippen LogP contribution in [0.5, 0.6) is 0 Å². The molecule has 1 saturated carbocycles. The maximum absolute atomic E-state index is 12.3. The van der Waals surface area contributed by atoms with Crippen molar-refractivity contribution in [3.63, 3.8) is 0 Å². The molecule has 25 heavy (non-hydrogen) atoms. The number of amides is 1. The summed E-state index contributed by atoms with van der Waals surface area (Å²) in [5, 5.41) is 18.6. The van der Waals surface area contributed by atoms with Gasteiger partial charge in [-0.3, -0.25) is 4.79 Å². The van der Waals surface area contributed by atoms with Crippen molar-refractivity contribution in [2.45, 2.75) is 35.5 Å². The summed E-state index contributed by atoms with van der Waals surface area (Å²) in [6, 6.07) is -0.970. The maximum atomic E-state index is 12.3. The largest absolute Gasteiger partial charge is 0.506 e. The van der Waals surface area contributed by atoms with Crippen LogP contribution in [0, 0.1) is 0 Å². The Morgan fingerprint density at radius 1 is 1.32 bits per heavy atom. The number of ether oxygens (including phenoxy) is 2. The molecule has 2 fully saturated rings. The molecule has 1 saturated heterocycles. The summed E-state index contributed by atoms with van der Waals surface area (Å²) >= 11 is 1.46. The molecule has 0 bridgehead atoms. The van der Waals surface area contributed by atoms with Crippen molar-refractivity contribution < 1.29 is 42.5 Å². The first-order valence-corrected chi connectivity index (χ1v) is 10.2. The lowest BCUT2D eigenvalue weighted by Crippen LogP contribution is -2.55. The van der Waals surface area contributed by atoms with E-state index in [-0.39, 0.29) is 0 Å². The number of nitrogens with two attached hydrogens (primary N) is 1. The second-order valence-electron chi connectivity index (χ2n) is 5.74. The number of carbonyl (C=O) groups is 3. The van der Waals surface area contributed by atoms with Gasteiger partial charge in [0, 0.05) is 0 Å². The molecule has 13 heteroatoms. The van der Waals surface area contributed by atoms with Crippen molar-refractivity contribution in [2.75, 3.05) is 17.8 Å². The minimum Gasteiger partial charge on any atom is -0.450 e. The highest BCUT2D eigenvalue weighted by atomic mass is 32.2. The summed E-state index contributed by atoms with van der Waals surface area (Å²) < 4.78 is 33.5. The lowest BCUT2D eigenvalue weighted by atomic mass is 10.1. The molecule has 5 atom stereocenters. The van der Waals surface area contributed by atoms with Gasteiger partial charge in [0.05, 0.1) is 11.8 Å². The maximum Gasteiger partial charge on any atom is 0.506 e. The first-order valence-electron chi connectivity index (χ1n) is 7.13. The highest BCUT2D eigenvalue weighted by Gasteiger charge is 2.84. The molecular formula is C12H18N2O9S2. The number of sulfone groups is 1. The van der Waals surface area contributed by atoms with E-state index in [4.69, 9.17) is 15.9 Å². The zero-order chi connectivity index (χ0) is 19.0. The van der Waals surface area contributed by atoms with Crippen molar-refractivity contribution in [1.82, 2.24) is 5.32 Å². The Balaban J connectivity index is 2.27. The Labute approximate surface area is 147 Å². The van der Waals surface area contributed by atoms with Crippen LogP contribution in [0.15, 0.2) is 0 Å². The fraction of sp³-hybridized carbons (Fsp3) is 0.750. The van der Waals surface area contributed by atoms with Crippen LogP contribution in [-0.4, -0.2) is 83.6 Å². The lowest BCUT2D eigenvalue weighted by Gasteiger charge is -2.25. The zero-order valence-corrected chi connectivity index (χ0v) is 14.7. The van der Waals surface area contributed by atoms with Crippen LogP contribution in [0.3, 0.4) is 0 Å².